The van der Waals surface area contributed by atoms with E-state index in [0.29, 0.717) is 22.4 Å². The molecule has 0 saturated carbocycles. The van der Waals surface area contributed by atoms with Gasteiger partial charge in [0.15, 0.2) is 0 Å². The molecule has 2 N–H and O–H groups in total. The van der Waals surface area contributed by atoms with Crippen molar-refractivity contribution >= 4 is 33.3 Å². The number of carbonyl (C=O) groups excluding carboxylic acids is 2. The molecule has 0 atom stereocenters. The monoisotopic (exact) mass is 465 g/mol. The van der Waals surface area contributed by atoms with E-state index >= 15 is 0 Å². The second kappa shape index (κ2) is 8.40. The topological polar surface area (TPSA) is 143 Å². The molecule has 4 rings (SSSR count). The summed E-state index contributed by atoms with van der Waals surface area (Å²) in [6.45, 7) is 1.67. The fourth-order valence-corrected chi connectivity index (χ4v) is 4.81. The maximum Gasteiger partial charge on any atom is 0.265 e. The number of sulfonamides is 1. The van der Waals surface area contributed by atoms with Gasteiger partial charge in [-0.3, -0.25) is 14.3 Å². The fraction of sp³-hybridized carbons (Fsp3) is 0.182. The van der Waals surface area contributed by atoms with Gasteiger partial charge in [-0.05, 0) is 48.9 Å². The number of hydrogen-bond acceptors (Lipinski definition) is 7. The summed E-state index contributed by atoms with van der Waals surface area (Å²) in [5.41, 5.74) is 2.00. The predicted molar refractivity (Wildman–Crippen MR) is 119 cm³/mol. The zero-order valence-corrected chi connectivity index (χ0v) is 18.6. The van der Waals surface area contributed by atoms with Gasteiger partial charge in [-0.2, -0.15) is 15.0 Å². The van der Waals surface area contributed by atoms with Crippen molar-refractivity contribution < 1.29 is 22.7 Å². The van der Waals surface area contributed by atoms with Crippen LogP contribution in [0.2, 0.25) is 0 Å². The van der Waals surface area contributed by atoms with Crippen LogP contribution in [0, 0.1) is 18.3 Å². The van der Waals surface area contributed by atoms with Crippen LogP contribution >= 0.6 is 0 Å². The predicted octanol–water partition coefficient (Wildman–Crippen LogP) is 2.91. The Morgan fingerprint density at radius 3 is 2.55 bits per heavy atom. The maximum absolute atomic E-state index is 13.2. The van der Waals surface area contributed by atoms with Crippen molar-refractivity contribution in [3.05, 3.63) is 53.7 Å². The van der Waals surface area contributed by atoms with Gasteiger partial charge in [-0.25, -0.2) is 8.42 Å². The highest BCUT2D eigenvalue weighted by molar-refractivity contribution is 7.92. The van der Waals surface area contributed by atoms with Crippen LogP contribution in [-0.2, 0) is 14.8 Å². The zero-order valence-electron chi connectivity index (χ0n) is 17.7. The Bertz CT molecular complexity index is 1420. The van der Waals surface area contributed by atoms with Gasteiger partial charge in [0.05, 0.1) is 24.4 Å². The van der Waals surface area contributed by atoms with Gasteiger partial charge in [0.25, 0.3) is 10.0 Å². The fourth-order valence-electron chi connectivity index (χ4n) is 3.55. The molecule has 2 aromatic carbocycles. The number of carbonyl (C=O) groups is 2. The molecule has 0 spiro atoms. The van der Waals surface area contributed by atoms with Crippen LogP contribution in [0.3, 0.4) is 0 Å². The van der Waals surface area contributed by atoms with Crippen molar-refractivity contribution in [1.29, 1.82) is 5.26 Å². The third-order valence-electron chi connectivity index (χ3n) is 5.13. The Labute approximate surface area is 189 Å². The van der Waals surface area contributed by atoms with Gasteiger partial charge in [0.1, 0.15) is 16.5 Å². The second-order valence-corrected chi connectivity index (χ2v) is 8.97. The number of hydrogen-bond donors (Lipinski definition) is 2. The summed E-state index contributed by atoms with van der Waals surface area (Å²) in [5.74, 6) is -0.349. The van der Waals surface area contributed by atoms with E-state index in [1.165, 1.54) is 43.5 Å². The Balaban J connectivity index is 1.80. The lowest BCUT2D eigenvalue weighted by Gasteiger charge is -2.14. The first-order valence-corrected chi connectivity index (χ1v) is 11.4. The van der Waals surface area contributed by atoms with Gasteiger partial charge >= 0.3 is 0 Å². The molecule has 0 unspecified atom stereocenters. The smallest absolute Gasteiger partial charge is 0.265 e. The van der Waals surface area contributed by atoms with Crippen LogP contribution in [0.1, 0.15) is 28.9 Å². The molecule has 0 saturated heterocycles. The van der Waals surface area contributed by atoms with Crippen molar-refractivity contribution in [3.8, 4) is 22.9 Å². The van der Waals surface area contributed by atoms with Crippen LogP contribution < -0.4 is 14.8 Å². The lowest BCUT2D eigenvalue weighted by Crippen LogP contribution is -2.14. The second-order valence-electron chi connectivity index (χ2n) is 7.32. The standard InChI is InChI=1S/C22H19N5O5S/c1-13-21(22-24-19(28)9-10-20(29)27(22)25-13)15-5-8-17(32-2)18(11-15)33(30,31)26-16-6-3-14(12-23)4-7-16/h3-8,11,26H,9-10H2,1-2H3,(H,24,28). The van der Waals surface area contributed by atoms with E-state index in [1.54, 1.807) is 13.0 Å². The van der Waals surface area contributed by atoms with E-state index in [1.807, 2.05) is 6.07 Å². The number of methoxy groups -OCH3 is 1. The minimum atomic E-state index is -4.09. The molecule has 3 aromatic rings. The summed E-state index contributed by atoms with van der Waals surface area (Å²) >= 11 is 0. The highest BCUT2D eigenvalue weighted by Crippen LogP contribution is 2.37. The first-order chi connectivity index (χ1) is 15.7. The van der Waals surface area contributed by atoms with Crippen molar-refractivity contribution in [3.63, 3.8) is 0 Å². The van der Waals surface area contributed by atoms with E-state index in [4.69, 9.17) is 10.00 Å². The third-order valence-corrected chi connectivity index (χ3v) is 6.53. The number of ether oxygens (including phenoxy) is 1. The van der Waals surface area contributed by atoms with Crippen LogP contribution in [0.4, 0.5) is 11.5 Å². The van der Waals surface area contributed by atoms with Crippen LogP contribution in [0.5, 0.6) is 5.75 Å². The molecule has 0 aliphatic carbocycles. The Kier molecular flexibility index (Phi) is 5.61. The molecular formula is C22H19N5O5S. The van der Waals surface area contributed by atoms with E-state index in [2.05, 4.69) is 15.1 Å². The molecule has 0 fully saturated rings. The van der Waals surface area contributed by atoms with Crippen LogP contribution in [0.25, 0.3) is 11.1 Å². The number of nitriles is 1. The van der Waals surface area contributed by atoms with E-state index in [-0.39, 0.29) is 46.8 Å². The van der Waals surface area contributed by atoms with Crippen molar-refractivity contribution in [2.75, 3.05) is 17.1 Å². The molecule has 1 aliphatic heterocycles. The molecule has 11 heteroatoms. The van der Waals surface area contributed by atoms with Crippen LogP contribution in [-0.4, -0.2) is 37.1 Å². The average Bonchev–Trinajstić information content (AvgIpc) is 3.05. The molecule has 0 bridgehead atoms. The first kappa shape index (κ1) is 22.0. The van der Waals surface area contributed by atoms with Gasteiger partial charge in [0, 0.05) is 24.1 Å². The number of anilines is 2. The summed E-state index contributed by atoms with van der Waals surface area (Å²) in [7, 11) is -2.74. The lowest BCUT2D eigenvalue weighted by atomic mass is 10.1. The molecule has 2 heterocycles. The molecule has 10 nitrogen and oxygen atoms in total. The number of nitrogens with zero attached hydrogens (tertiary/aromatic N) is 3. The Hall–Kier alpha value is -4.17. The molecule has 33 heavy (non-hydrogen) atoms. The number of nitrogens with one attached hydrogen (secondary N) is 2. The number of amides is 1. The SMILES string of the molecule is COc1ccc(-c2c(C)nn3c2NC(=O)CCC3=O)cc1S(=O)(=O)Nc1ccc(C#N)cc1. The number of rotatable bonds is 5. The largest absolute Gasteiger partial charge is 0.495 e. The summed E-state index contributed by atoms with van der Waals surface area (Å²) < 4.78 is 35.3. The lowest BCUT2D eigenvalue weighted by molar-refractivity contribution is -0.116. The van der Waals surface area contributed by atoms with Gasteiger partial charge in [-0.15, -0.1) is 0 Å². The summed E-state index contributed by atoms with van der Waals surface area (Å²) in [4.78, 5) is 24.4. The first-order valence-electron chi connectivity index (χ1n) is 9.87. The van der Waals surface area contributed by atoms with Crippen molar-refractivity contribution in [2.45, 2.75) is 24.7 Å². The van der Waals surface area contributed by atoms with E-state index in [9.17, 15) is 18.0 Å². The van der Waals surface area contributed by atoms with E-state index in [0.717, 1.165) is 4.68 Å². The highest BCUT2D eigenvalue weighted by atomic mass is 32.2. The molecule has 0 radical (unpaired) electrons. The molecule has 1 aromatic heterocycles. The quantitative estimate of drug-likeness (QED) is 0.590. The van der Waals surface area contributed by atoms with Crippen molar-refractivity contribution in [1.82, 2.24) is 9.78 Å². The van der Waals surface area contributed by atoms with Gasteiger partial charge in [-0.1, -0.05) is 6.07 Å². The van der Waals surface area contributed by atoms with Gasteiger partial charge < -0.3 is 10.1 Å². The minimum absolute atomic E-state index is 0.0240. The third kappa shape index (κ3) is 4.16. The summed E-state index contributed by atoms with van der Waals surface area (Å²) in [5, 5.41) is 15.9. The van der Waals surface area contributed by atoms with Crippen LogP contribution in [0.15, 0.2) is 47.4 Å². The summed E-state index contributed by atoms with van der Waals surface area (Å²) in [6.07, 6.45) is 0.0631. The maximum atomic E-state index is 13.2. The normalized spacial score (nSPS) is 13.5. The number of benzene rings is 2. The number of aryl methyl sites for hydroxylation is 1. The minimum Gasteiger partial charge on any atom is -0.495 e. The zero-order chi connectivity index (χ0) is 23.8. The molecule has 1 amide bonds. The Morgan fingerprint density at radius 2 is 1.88 bits per heavy atom. The number of fused-ring (bicyclic) bond motifs is 1. The highest BCUT2D eigenvalue weighted by Gasteiger charge is 2.28. The molecule has 168 valence electrons. The van der Waals surface area contributed by atoms with Gasteiger partial charge in [0.2, 0.25) is 11.8 Å². The van der Waals surface area contributed by atoms with E-state index < -0.39 is 10.0 Å². The van der Waals surface area contributed by atoms with Crippen molar-refractivity contribution in [2.24, 2.45) is 0 Å². The summed E-state index contributed by atoms with van der Waals surface area (Å²) in [6, 6.07) is 12.5. The number of aromatic nitrogens is 2. The molecular weight excluding hydrogens is 446 g/mol. The molecule has 1 aliphatic rings. The Morgan fingerprint density at radius 1 is 1.15 bits per heavy atom. The average molecular weight is 465 g/mol.